The van der Waals surface area contributed by atoms with E-state index >= 15 is 0 Å². The van der Waals surface area contributed by atoms with Crippen LogP contribution in [0.25, 0.3) is 11.3 Å². The van der Waals surface area contributed by atoms with Crippen LogP contribution in [0.15, 0.2) is 43.5 Å². The summed E-state index contributed by atoms with van der Waals surface area (Å²) in [6.07, 6.45) is 6.37. The molecule has 0 amide bonds. The van der Waals surface area contributed by atoms with Gasteiger partial charge in [-0.3, -0.25) is 4.98 Å². The second-order valence-electron chi connectivity index (χ2n) is 8.23. The van der Waals surface area contributed by atoms with E-state index in [1.807, 2.05) is 0 Å². The molecule has 2 heterocycles. The zero-order chi connectivity index (χ0) is 19.0. The zero-order valence-corrected chi connectivity index (χ0v) is 16.6. The number of pyridine rings is 1. The van der Waals surface area contributed by atoms with Crippen LogP contribution in [0.5, 0.6) is 0 Å². The van der Waals surface area contributed by atoms with Gasteiger partial charge in [-0.05, 0) is 54.9 Å². The molecule has 1 aliphatic carbocycles. The van der Waals surface area contributed by atoms with Crippen molar-refractivity contribution in [3.8, 4) is 0 Å². The molecule has 2 aromatic rings. The third kappa shape index (κ3) is 3.45. The van der Waals surface area contributed by atoms with E-state index in [9.17, 15) is 0 Å². The van der Waals surface area contributed by atoms with Crippen LogP contribution < -0.4 is 5.32 Å². The normalized spacial score (nSPS) is 20.1. The minimum atomic E-state index is 0.517. The lowest BCUT2D eigenvalue weighted by Gasteiger charge is -2.17. The molecule has 27 heavy (non-hydrogen) atoms. The molecule has 1 fully saturated rings. The smallest absolute Gasteiger partial charge is 0.0454 e. The molecule has 1 atom stereocenters. The van der Waals surface area contributed by atoms with Crippen LogP contribution in [-0.2, 0) is 0 Å². The van der Waals surface area contributed by atoms with Crippen LogP contribution in [0.3, 0.4) is 0 Å². The van der Waals surface area contributed by atoms with E-state index in [4.69, 9.17) is 4.98 Å². The Morgan fingerprint density at radius 3 is 2.63 bits per heavy atom. The average molecular weight is 359 g/mol. The molecule has 2 heteroatoms. The molecule has 4 rings (SSSR count). The molecule has 1 aromatic heterocycles. The number of aromatic nitrogens is 1. The fourth-order valence-corrected chi connectivity index (χ4v) is 4.63. The third-order valence-electron chi connectivity index (χ3n) is 6.38. The van der Waals surface area contributed by atoms with E-state index in [0.29, 0.717) is 11.8 Å². The molecular formula is C25H30N2. The maximum atomic E-state index is 4.95. The van der Waals surface area contributed by atoms with E-state index in [1.54, 1.807) is 0 Å². The topological polar surface area (TPSA) is 24.9 Å². The van der Waals surface area contributed by atoms with Gasteiger partial charge in [0.1, 0.15) is 0 Å². The highest BCUT2D eigenvalue weighted by atomic mass is 14.9. The van der Waals surface area contributed by atoms with E-state index in [-0.39, 0.29) is 0 Å². The zero-order valence-electron chi connectivity index (χ0n) is 16.6. The predicted molar refractivity (Wildman–Crippen MR) is 115 cm³/mol. The van der Waals surface area contributed by atoms with Gasteiger partial charge in [0.2, 0.25) is 0 Å². The lowest BCUT2D eigenvalue weighted by Crippen LogP contribution is -2.10. The molecule has 0 spiro atoms. The first-order valence-corrected chi connectivity index (χ1v) is 10.3. The standard InChI is InChI=1S/C25H30N2/c1-16-13-14-26-18(3)23-10-9-21(15-24(16)23)17(2)22-11-12-25(27-19(22)4)20-7-5-6-8-20/h9-12,15-16,20,26H,2-3,5-8,13-14H2,1,4H3. The molecule has 2 aliphatic rings. The van der Waals surface area contributed by atoms with Gasteiger partial charge >= 0.3 is 0 Å². The van der Waals surface area contributed by atoms with Crippen LogP contribution >= 0.6 is 0 Å². The predicted octanol–water partition coefficient (Wildman–Crippen LogP) is 6.18. The van der Waals surface area contributed by atoms with Gasteiger partial charge in [0, 0.05) is 40.7 Å². The first kappa shape index (κ1) is 18.0. The van der Waals surface area contributed by atoms with Crippen molar-refractivity contribution in [3.63, 3.8) is 0 Å². The summed E-state index contributed by atoms with van der Waals surface area (Å²) in [7, 11) is 0. The Morgan fingerprint density at radius 1 is 1.11 bits per heavy atom. The molecule has 0 saturated heterocycles. The largest absolute Gasteiger partial charge is 0.385 e. The van der Waals surface area contributed by atoms with Crippen molar-refractivity contribution < 1.29 is 0 Å². The summed E-state index contributed by atoms with van der Waals surface area (Å²) in [5.74, 6) is 1.17. The fraction of sp³-hybridized carbons (Fsp3) is 0.400. The molecule has 0 bridgehead atoms. The highest BCUT2D eigenvalue weighted by molar-refractivity contribution is 5.81. The third-order valence-corrected chi connectivity index (χ3v) is 6.38. The highest BCUT2D eigenvalue weighted by Gasteiger charge is 2.21. The van der Waals surface area contributed by atoms with Crippen LogP contribution in [0.1, 0.15) is 84.5 Å². The molecule has 1 N–H and O–H groups in total. The second kappa shape index (κ2) is 7.34. The molecule has 0 radical (unpaired) electrons. The van der Waals surface area contributed by atoms with E-state index in [2.05, 4.69) is 62.7 Å². The number of nitrogens with one attached hydrogen (secondary N) is 1. The second-order valence-corrected chi connectivity index (χ2v) is 8.23. The van der Waals surface area contributed by atoms with Crippen molar-refractivity contribution in [3.05, 3.63) is 77.1 Å². The van der Waals surface area contributed by atoms with E-state index < -0.39 is 0 Å². The number of hydrogen-bond donors (Lipinski definition) is 1. The summed E-state index contributed by atoms with van der Waals surface area (Å²) in [5, 5.41) is 3.43. The monoisotopic (exact) mass is 358 g/mol. The van der Waals surface area contributed by atoms with Crippen molar-refractivity contribution in [2.75, 3.05) is 6.54 Å². The van der Waals surface area contributed by atoms with Crippen molar-refractivity contribution in [1.82, 2.24) is 10.3 Å². The molecular weight excluding hydrogens is 328 g/mol. The number of hydrogen-bond acceptors (Lipinski definition) is 2. The minimum absolute atomic E-state index is 0.517. The quantitative estimate of drug-likeness (QED) is 0.709. The summed E-state index contributed by atoms with van der Waals surface area (Å²) in [6, 6.07) is 11.1. The maximum absolute atomic E-state index is 4.95. The lowest BCUT2D eigenvalue weighted by molar-refractivity contribution is 0.672. The molecule has 1 aromatic carbocycles. The van der Waals surface area contributed by atoms with Crippen LogP contribution in [0.4, 0.5) is 0 Å². The van der Waals surface area contributed by atoms with Crippen molar-refractivity contribution in [1.29, 1.82) is 0 Å². The van der Waals surface area contributed by atoms with Gasteiger partial charge in [-0.15, -0.1) is 0 Å². The van der Waals surface area contributed by atoms with Crippen molar-refractivity contribution in [2.45, 2.75) is 57.8 Å². The Kier molecular flexibility index (Phi) is 4.90. The van der Waals surface area contributed by atoms with Gasteiger partial charge < -0.3 is 5.32 Å². The highest BCUT2D eigenvalue weighted by Crippen LogP contribution is 2.36. The number of fused-ring (bicyclic) bond motifs is 1. The summed E-state index contributed by atoms with van der Waals surface area (Å²) in [6.45, 7) is 14.0. The summed E-state index contributed by atoms with van der Waals surface area (Å²) < 4.78 is 0. The Hall–Kier alpha value is -2.35. The molecule has 140 valence electrons. The molecule has 1 unspecified atom stereocenters. The van der Waals surface area contributed by atoms with Gasteiger partial charge in [0.05, 0.1) is 0 Å². The molecule has 1 aliphatic heterocycles. The van der Waals surface area contributed by atoms with Gasteiger partial charge in [-0.2, -0.15) is 0 Å². The average Bonchev–Trinajstić information content (AvgIpc) is 3.17. The number of nitrogens with zero attached hydrogens (tertiary/aromatic N) is 1. The van der Waals surface area contributed by atoms with Gasteiger partial charge in [-0.1, -0.05) is 57.2 Å². The SMILES string of the molecule is C=C1NCCC(C)c2cc(C(=C)c3ccc(C4CCCC4)nc3C)ccc21. The van der Waals surface area contributed by atoms with Crippen LogP contribution in [0, 0.1) is 6.92 Å². The number of aryl methyl sites for hydroxylation is 1. The minimum Gasteiger partial charge on any atom is -0.385 e. The van der Waals surface area contributed by atoms with Gasteiger partial charge in [-0.25, -0.2) is 0 Å². The maximum Gasteiger partial charge on any atom is 0.0454 e. The van der Waals surface area contributed by atoms with Gasteiger partial charge in [0.15, 0.2) is 0 Å². The Bertz CT molecular complexity index is 887. The first-order valence-electron chi connectivity index (χ1n) is 10.3. The van der Waals surface area contributed by atoms with Crippen LogP contribution in [0.2, 0.25) is 0 Å². The number of rotatable bonds is 3. The lowest BCUT2D eigenvalue weighted by atomic mass is 9.88. The summed E-state index contributed by atoms with van der Waals surface area (Å²) in [4.78, 5) is 4.95. The molecule has 2 nitrogen and oxygen atoms in total. The first-order chi connectivity index (χ1) is 13.0. The summed E-state index contributed by atoms with van der Waals surface area (Å²) in [5.41, 5.74) is 9.42. The van der Waals surface area contributed by atoms with E-state index in [0.717, 1.165) is 35.5 Å². The van der Waals surface area contributed by atoms with Crippen molar-refractivity contribution in [2.24, 2.45) is 0 Å². The number of benzene rings is 1. The van der Waals surface area contributed by atoms with Crippen molar-refractivity contribution >= 4 is 11.3 Å². The van der Waals surface area contributed by atoms with Crippen LogP contribution in [-0.4, -0.2) is 11.5 Å². The summed E-state index contributed by atoms with van der Waals surface area (Å²) >= 11 is 0. The van der Waals surface area contributed by atoms with E-state index in [1.165, 1.54) is 48.1 Å². The Labute approximate surface area is 163 Å². The van der Waals surface area contributed by atoms with Gasteiger partial charge in [0.25, 0.3) is 0 Å². The molecule has 1 saturated carbocycles. The Balaban J connectivity index is 1.66. The fourth-order valence-electron chi connectivity index (χ4n) is 4.63. The Morgan fingerprint density at radius 2 is 1.89 bits per heavy atom.